The number of aliphatic hydroxyl groups excluding tert-OH is 1. The number of carboxylic acid groups (broad SMARTS) is 1. The zero-order valence-corrected chi connectivity index (χ0v) is 11.2. The number of rotatable bonds is 5. The number of fused-ring (bicyclic) bond motifs is 1. The Balaban J connectivity index is 2.18. The van der Waals surface area contributed by atoms with Crippen LogP contribution in [-0.4, -0.2) is 31.9 Å². The SMILES string of the molecule is C[C@](O)(CC(=O)O)CC(O)c1ccc2ccccc2n1. The molecule has 1 heterocycles. The first-order valence-corrected chi connectivity index (χ1v) is 6.35. The Labute approximate surface area is 116 Å². The molecule has 106 valence electrons. The van der Waals surface area contributed by atoms with Crippen molar-refractivity contribution in [2.45, 2.75) is 31.5 Å². The lowest BCUT2D eigenvalue weighted by Gasteiger charge is -2.24. The van der Waals surface area contributed by atoms with E-state index in [-0.39, 0.29) is 6.42 Å². The molecule has 1 unspecified atom stereocenters. The second-order valence-corrected chi connectivity index (χ2v) is 5.22. The number of aliphatic carboxylic acids is 1. The Morgan fingerprint density at radius 1 is 1.30 bits per heavy atom. The van der Waals surface area contributed by atoms with E-state index in [1.165, 1.54) is 6.92 Å². The number of pyridine rings is 1. The van der Waals surface area contributed by atoms with Crippen LogP contribution >= 0.6 is 0 Å². The molecule has 0 bridgehead atoms. The third-order valence-corrected chi connectivity index (χ3v) is 3.13. The molecule has 0 amide bonds. The summed E-state index contributed by atoms with van der Waals surface area (Å²) in [7, 11) is 0. The van der Waals surface area contributed by atoms with E-state index in [0.717, 1.165) is 10.9 Å². The van der Waals surface area contributed by atoms with Gasteiger partial charge in [0, 0.05) is 11.8 Å². The van der Waals surface area contributed by atoms with Crippen LogP contribution in [-0.2, 0) is 4.79 Å². The summed E-state index contributed by atoms with van der Waals surface area (Å²) < 4.78 is 0. The number of aromatic nitrogens is 1. The molecule has 1 aromatic carbocycles. The molecule has 0 saturated heterocycles. The highest BCUT2D eigenvalue weighted by Crippen LogP contribution is 2.26. The first kappa shape index (κ1) is 14.4. The molecule has 1 aromatic heterocycles. The van der Waals surface area contributed by atoms with E-state index in [1.54, 1.807) is 6.07 Å². The van der Waals surface area contributed by atoms with E-state index in [1.807, 2.05) is 30.3 Å². The fourth-order valence-electron chi connectivity index (χ4n) is 2.19. The van der Waals surface area contributed by atoms with Gasteiger partial charge in [0.15, 0.2) is 0 Å². The van der Waals surface area contributed by atoms with Crippen molar-refractivity contribution >= 4 is 16.9 Å². The standard InChI is InChI=1S/C15H17NO4/c1-15(20,9-14(18)19)8-13(17)12-7-6-10-4-2-3-5-11(10)16-12/h2-7,13,17,20H,8-9H2,1H3,(H,18,19)/t13?,15-/m1/s1. The Morgan fingerprint density at radius 3 is 2.70 bits per heavy atom. The lowest BCUT2D eigenvalue weighted by molar-refractivity contribution is -0.142. The first-order valence-electron chi connectivity index (χ1n) is 6.35. The van der Waals surface area contributed by atoms with Crippen molar-refractivity contribution in [2.24, 2.45) is 0 Å². The second kappa shape index (κ2) is 5.56. The largest absolute Gasteiger partial charge is 0.481 e. The molecule has 2 aromatic rings. The fraction of sp³-hybridized carbons (Fsp3) is 0.333. The zero-order valence-electron chi connectivity index (χ0n) is 11.2. The highest BCUT2D eigenvalue weighted by atomic mass is 16.4. The van der Waals surface area contributed by atoms with E-state index >= 15 is 0 Å². The van der Waals surface area contributed by atoms with Gasteiger partial charge in [0.05, 0.1) is 29.3 Å². The topological polar surface area (TPSA) is 90.7 Å². The van der Waals surface area contributed by atoms with Gasteiger partial charge in [-0.25, -0.2) is 0 Å². The number of hydrogen-bond donors (Lipinski definition) is 3. The summed E-state index contributed by atoms with van der Waals surface area (Å²) in [5.74, 6) is -1.10. The Hall–Kier alpha value is -1.98. The van der Waals surface area contributed by atoms with Gasteiger partial charge in [0.25, 0.3) is 0 Å². The molecule has 0 fully saturated rings. The molecular formula is C15H17NO4. The average molecular weight is 275 g/mol. The third-order valence-electron chi connectivity index (χ3n) is 3.13. The van der Waals surface area contributed by atoms with Gasteiger partial charge in [0.2, 0.25) is 0 Å². The van der Waals surface area contributed by atoms with Crippen LogP contribution in [0.4, 0.5) is 0 Å². The predicted octanol–water partition coefficient (Wildman–Crippen LogP) is 1.88. The van der Waals surface area contributed by atoms with Gasteiger partial charge >= 0.3 is 5.97 Å². The van der Waals surface area contributed by atoms with Crippen molar-refractivity contribution in [1.82, 2.24) is 4.98 Å². The van der Waals surface area contributed by atoms with Gasteiger partial charge in [-0.1, -0.05) is 24.3 Å². The van der Waals surface area contributed by atoms with Gasteiger partial charge in [-0.2, -0.15) is 0 Å². The summed E-state index contributed by atoms with van der Waals surface area (Å²) in [5, 5.41) is 29.7. The minimum atomic E-state index is -1.47. The second-order valence-electron chi connectivity index (χ2n) is 5.22. The summed E-state index contributed by atoms with van der Waals surface area (Å²) in [4.78, 5) is 15.0. The maximum Gasteiger partial charge on any atom is 0.306 e. The normalized spacial score (nSPS) is 15.8. The molecule has 0 aliphatic carbocycles. The van der Waals surface area contributed by atoms with Crippen molar-refractivity contribution < 1.29 is 20.1 Å². The lowest BCUT2D eigenvalue weighted by Crippen LogP contribution is -2.30. The van der Waals surface area contributed by atoms with Crippen LogP contribution in [0.1, 0.15) is 31.6 Å². The summed E-state index contributed by atoms with van der Waals surface area (Å²) in [6.45, 7) is 1.39. The molecule has 0 radical (unpaired) electrons. The van der Waals surface area contributed by atoms with Crippen molar-refractivity contribution in [1.29, 1.82) is 0 Å². The van der Waals surface area contributed by atoms with E-state index in [2.05, 4.69) is 4.98 Å². The van der Waals surface area contributed by atoms with Gasteiger partial charge in [0.1, 0.15) is 0 Å². The molecule has 2 rings (SSSR count). The van der Waals surface area contributed by atoms with Crippen LogP contribution in [0.5, 0.6) is 0 Å². The number of carboxylic acids is 1. The molecule has 5 heteroatoms. The monoisotopic (exact) mass is 275 g/mol. The maximum absolute atomic E-state index is 10.7. The maximum atomic E-state index is 10.7. The summed E-state index contributed by atoms with van der Waals surface area (Å²) in [6.07, 6.45) is -1.50. The highest BCUT2D eigenvalue weighted by molar-refractivity contribution is 5.78. The molecular weight excluding hydrogens is 258 g/mol. The van der Waals surface area contributed by atoms with E-state index in [9.17, 15) is 15.0 Å². The predicted molar refractivity (Wildman–Crippen MR) is 74.2 cm³/mol. The molecule has 0 aliphatic heterocycles. The number of carbonyl (C=O) groups is 1. The van der Waals surface area contributed by atoms with Crippen LogP contribution in [0.15, 0.2) is 36.4 Å². The number of benzene rings is 1. The molecule has 20 heavy (non-hydrogen) atoms. The minimum Gasteiger partial charge on any atom is -0.481 e. The Morgan fingerprint density at radius 2 is 2.00 bits per heavy atom. The molecule has 0 spiro atoms. The summed E-state index contributed by atoms with van der Waals surface area (Å²) in [5.41, 5.74) is -0.297. The molecule has 0 aliphatic rings. The van der Waals surface area contributed by atoms with Crippen molar-refractivity contribution in [2.75, 3.05) is 0 Å². The minimum absolute atomic E-state index is 0.0787. The van der Waals surface area contributed by atoms with Crippen LogP contribution in [0.2, 0.25) is 0 Å². The van der Waals surface area contributed by atoms with Crippen molar-refractivity contribution in [3.8, 4) is 0 Å². The average Bonchev–Trinajstić information content (AvgIpc) is 2.36. The smallest absolute Gasteiger partial charge is 0.306 e. The first-order chi connectivity index (χ1) is 9.37. The highest BCUT2D eigenvalue weighted by Gasteiger charge is 2.28. The number of para-hydroxylation sites is 1. The third kappa shape index (κ3) is 3.53. The van der Waals surface area contributed by atoms with Crippen LogP contribution < -0.4 is 0 Å². The number of nitrogens with zero attached hydrogens (tertiary/aromatic N) is 1. The van der Waals surface area contributed by atoms with E-state index < -0.39 is 24.1 Å². The van der Waals surface area contributed by atoms with Crippen molar-refractivity contribution in [3.05, 3.63) is 42.1 Å². The number of hydrogen-bond acceptors (Lipinski definition) is 4. The fourth-order valence-corrected chi connectivity index (χ4v) is 2.19. The summed E-state index contributed by atoms with van der Waals surface area (Å²) >= 11 is 0. The summed E-state index contributed by atoms with van der Waals surface area (Å²) in [6, 6.07) is 11.0. The van der Waals surface area contributed by atoms with Gasteiger partial charge < -0.3 is 15.3 Å². The lowest BCUT2D eigenvalue weighted by atomic mass is 9.93. The molecule has 3 N–H and O–H groups in total. The van der Waals surface area contributed by atoms with Crippen LogP contribution in [0.25, 0.3) is 10.9 Å². The van der Waals surface area contributed by atoms with Gasteiger partial charge in [-0.05, 0) is 19.1 Å². The molecule has 2 atom stereocenters. The Bertz CT molecular complexity index is 624. The van der Waals surface area contributed by atoms with Crippen LogP contribution in [0, 0.1) is 0 Å². The molecule has 0 saturated carbocycles. The number of aliphatic hydroxyl groups is 2. The van der Waals surface area contributed by atoms with E-state index in [4.69, 9.17) is 5.11 Å². The van der Waals surface area contributed by atoms with Gasteiger partial charge in [-0.15, -0.1) is 0 Å². The van der Waals surface area contributed by atoms with Gasteiger partial charge in [-0.3, -0.25) is 9.78 Å². The van der Waals surface area contributed by atoms with Crippen molar-refractivity contribution in [3.63, 3.8) is 0 Å². The molecule has 5 nitrogen and oxygen atoms in total. The Kier molecular flexibility index (Phi) is 4.01. The quantitative estimate of drug-likeness (QED) is 0.775. The van der Waals surface area contributed by atoms with Crippen LogP contribution in [0.3, 0.4) is 0 Å². The zero-order chi connectivity index (χ0) is 14.8. The van der Waals surface area contributed by atoms with E-state index in [0.29, 0.717) is 5.69 Å².